The number of aromatic nitrogens is 1. The van der Waals surface area contributed by atoms with Crippen molar-refractivity contribution in [1.82, 2.24) is 9.88 Å². The molecule has 22 heavy (non-hydrogen) atoms. The Morgan fingerprint density at radius 1 is 1.27 bits per heavy atom. The van der Waals surface area contributed by atoms with Crippen LogP contribution in [-0.4, -0.2) is 22.8 Å². The summed E-state index contributed by atoms with van der Waals surface area (Å²) in [6.45, 7) is 4.35. The fraction of sp³-hybridized carbons (Fsp3) is 0.684. The van der Waals surface area contributed by atoms with Gasteiger partial charge in [-0.05, 0) is 56.2 Å². The van der Waals surface area contributed by atoms with Crippen LogP contribution in [-0.2, 0) is 4.79 Å². The number of hydrogen-bond acceptors (Lipinski definition) is 2. The zero-order valence-electron chi connectivity index (χ0n) is 14.3. The SMILES string of the molecule is CCCCC1CCC(C(=O)N(C)C(C)c2ccncc2)CC1. The summed E-state index contributed by atoms with van der Waals surface area (Å²) in [5, 5.41) is 0. The van der Waals surface area contributed by atoms with E-state index in [9.17, 15) is 4.79 Å². The Labute approximate surface area is 135 Å². The molecule has 0 saturated heterocycles. The molecule has 1 aliphatic carbocycles. The number of pyridine rings is 1. The predicted molar refractivity (Wildman–Crippen MR) is 90.4 cm³/mol. The van der Waals surface area contributed by atoms with Crippen molar-refractivity contribution >= 4 is 5.91 Å². The fourth-order valence-electron chi connectivity index (χ4n) is 3.54. The van der Waals surface area contributed by atoms with E-state index in [1.54, 1.807) is 12.4 Å². The third-order valence-electron chi connectivity index (χ3n) is 5.28. The first-order chi connectivity index (χ1) is 10.6. The topological polar surface area (TPSA) is 33.2 Å². The summed E-state index contributed by atoms with van der Waals surface area (Å²) in [7, 11) is 1.94. The van der Waals surface area contributed by atoms with E-state index in [0.717, 1.165) is 24.3 Å². The number of nitrogens with zero attached hydrogens (tertiary/aromatic N) is 2. The van der Waals surface area contributed by atoms with Gasteiger partial charge in [0, 0.05) is 25.4 Å². The molecule has 1 aromatic rings. The summed E-state index contributed by atoms with van der Waals surface area (Å²) in [4.78, 5) is 18.7. The van der Waals surface area contributed by atoms with Crippen molar-refractivity contribution in [1.29, 1.82) is 0 Å². The molecule has 0 bridgehead atoms. The standard InChI is InChI=1S/C19H30N2O/c1-4-5-6-16-7-9-18(10-8-16)19(22)21(3)15(2)17-11-13-20-14-12-17/h11-16,18H,4-10H2,1-3H3. The van der Waals surface area contributed by atoms with Gasteiger partial charge in [0.2, 0.25) is 5.91 Å². The number of unbranched alkanes of at least 4 members (excludes halogenated alkanes) is 1. The maximum Gasteiger partial charge on any atom is 0.225 e. The van der Waals surface area contributed by atoms with Crippen LogP contribution in [0.25, 0.3) is 0 Å². The lowest BCUT2D eigenvalue weighted by molar-refractivity contribution is -0.137. The maximum absolute atomic E-state index is 12.7. The van der Waals surface area contributed by atoms with Gasteiger partial charge >= 0.3 is 0 Å². The van der Waals surface area contributed by atoms with Gasteiger partial charge in [-0.15, -0.1) is 0 Å². The second-order valence-corrected chi connectivity index (χ2v) is 6.77. The zero-order chi connectivity index (χ0) is 15.9. The summed E-state index contributed by atoms with van der Waals surface area (Å²) in [5.74, 6) is 1.40. The summed E-state index contributed by atoms with van der Waals surface area (Å²) in [6.07, 6.45) is 12.2. The molecule has 1 heterocycles. The van der Waals surface area contributed by atoms with Gasteiger partial charge in [0.05, 0.1) is 6.04 Å². The van der Waals surface area contributed by atoms with E-state index in [0.29, 0.717) is 5.91 Å². The molecule has 0 N–H and O–H groups in total. The van der Waals surface area contributed by atoms with Crippen LogP contribution in [0.5, 0.6) is 0 Å². The van der Waals surface area contributed by atoms with Crippen LogP contribution in [0.2, 0.25) is 0 Å². The second kappa shape index (κ2) is 8.30. The Morgan fingerprint density at radius 3 is 2.50 bits per heavy atom. The van der Waals surface area contributed by atoms with Gasteiger partial charge in [0.15, 0.2) is 0 Å². The van der Waals surface area contributed by atoms with Gasteiger partial charge in [-0.2, -0.15) is 0 Å². The van der Waals surface area contributed by atoms with Gasteiger partial charge in [-0.1, -0.05) is 26.2 Å². The van der Waals surface area contributed by atoms with E-state index in [1.165, 1.54) is 32.1 Å². The Morgan fingerprint density at radius 2 is 1.91 bits per heavy atom. The smallest absolute Gasteiger partial charge is 0.225 e. The first-order valence-electron chi connectivity index (χ1n) is 8.80. The average Bonchev–Trinajstić information content (AvgIpc) is 2.59. The van der Waals surface area contributed by atoms with Crippen LogP contribution in [0, 0.1) is 11.8 Å². The van der Waals surface area contributed by atoms with Crippen molar-refractivity contribution in [2.45, 2.75) is 64.8 Å². The molecule has 1 atom stereocenters. The Kier molecular flexibility index (Phi) is 6.41. The molecule has 122 valence electrons. The summed E-state index contributed by atoms with van der Waals surface area (Å²) < 4.78 is 0. The van der Waals surface area contributed by atoms with Gasteiger partial charge in [0.25, 0.3) is 0 Å². The normalized spacial score (nSPS) is 23.0. The van der Waals surface area contributed by atoms with Crippen LogP contribution < -0.4 is 0 Å². The van der Waals surface area contributed by atoms with Crippen molar-refractivity contribution in [3.8, 4) is 0 Å². The lowest BCUT2D eigenvalue weighted by atomic mass is 9.79. The molecule has 0 spiro atoms. The van der Waals surface area contributed by atoms with E-state index >= 15 is 0 Å². The molecular formula is C19H30N2O. The summed E-state index contributed by atoms with van der Waals surface area (Å²) in [6, 6.07) is 4.11. The van der Waals surface area contributed by atoms with Gasteiger partial charge in [0.1, 0.15) is 0 Å². The van der Waals surface area contributed by atoms with Crippen molar-refractivity contribution in [3.63, 3.8) is 0 Å². The predicted octanol–water partition coefficient (Wildman–Crippen LogP) is 4.60. The zero-order valence-corrected chi connectivity index (χ0v) is 14.3. The Hall–Kier alpha value is -1.38. The highest BCUT2D eigenvalue weighted by Crippen LogP contribution is 2.34. The van der Waals surface area contributed by atoms with Crippen LogP contribution in [0.4, 0.5) is 0 Å². The molecule has 1 fully saturated rings. The summed E-state index contributed by atoms with van der Waals surface area (Å²) >= 11 is 0. The van der Waals surface area contributed by atoms with Crippen LogP contribution in [0.3, 0.4) is 0 Å². The van der Waals surface area contributed by atoms with Crippen molar-refractivity contribution < 1.29 is 4.79 Å². The van der Waals surface area contributed by atoms with Gasteiger partial charge in [-0.25, -0.2) is 0 Å². The third-order valence-corrected chi connectivity index (χ3v) is 5.28. The molecule has 3 nitrogen and oxygen atoms in total. The largest absolute Gasteiger partial charge is 0.339 e. The Balaban J connectivity index is 1.86. The van der Waals surface area contributed by atoms with Crippen LogP contribution in [0.15, 0.2) is 24.5 Å². The highest BCUT2D eigenvalue weighted by molar-refractivity contribution is 5.79. The minimum Gasteiger partial charge on any atom is -0.339 e. The molecule has 3 heteroatoms. The van der Waals surface area contributed by atoms with E-state index < -0.39 is 0 Å². The molecule has 1 unspecified atom stereocenters. The van der Waals surface area contributed by atoms with Crippen molar-refractivity contribution in [3.05, 3.63) is 30.1 Å². The Bertz CT molecular complexity index is 452. The fourth-order valence-corrected chi connectivity index (χ4v) is 3.54. The molecule has 1 aliphatic rings. The number of carbonyl (C=O) groups is 1. The number of hydrogen-bond donors (Lipinski definition) is 0. The number of rotatable bonds is 6. The molecule has 0 radical (unpaired) electrons. The van der Waals surface area contributed by atoms with E-state index in [1.807, 2.05) is 24.1 Å². The van der Waals surface area contributed by atoms with Crippen LogP contribution >= 0.6 is 0 Å². The van der Waals surface area contributed by atoms with E-state index in [-0.39, 0.29) is 12.0 Å². The second-order valence-electron chi connectivity index (χ2n) is 6.77. The highest BCUT2D eigenvalue weighted by atomic mass is 16.2. The molecule has 0 aromatic carbocycles. The molecule has 1 aromatic heterocycles. The molecule has 1 saturated carbocycles. The van der Waals surface area contributed by atoms with E-state index in [2.05, 4.69) is 18.8 Å². The van der Waals surface area contributed by atoms with Crippen molar-refractivity contribution in [2.75, 3.05) is 7.05 Å². The first-order valence-corrected chi connectivity index (χ1v) is 8.80. The monoisotopic (exact) mass is 302 g/mol. The quantitative estimate of drug-likeness (QED) is 0.769. The maximum atomic E-state index is 12.7. The first kappa shape index (κ1) is 17.0. The van der Waals surface area contributed by atoms with Crippen LogP contribution in [0.1, 0.15) is 70.4 Å². The third kappa shape index (κ3) is 4.31. The number of amides is 1. The highest BCUT2D eigenvalue weighted by Gasteiger charge is 2.29. The minimum absolute atomic E-state index is 0.119. The van der Waals surface area contributed by atoms with E-state index in [4.69, 9.17) is 0 Å². The molecule has 2 rings (SSSR count). The summed E-state index contributed by atoms with van der Waals surface area (Å²) in [5.41, 5.74) is 1.16. The van der Waals surface area contributed by atoms with Crippen molar-refractivity contribution in [2.24, 2.45) is 11.8 Å². The lowest BCUT2D eigenvalue weighted by Crippen LogP contribution is -2.36. The van der Waals surface area contributed by atoms with Gasteiger partial charge < -0.3 is 4.90 Å². The molecule has 0 aliphatic heterocycles. The number of carbonyl (C=O) groups excluding carboxylic acids is 1. The molecular weight excluding hydrogens is 272 g/mol. The lowest BCUT2D eigenvalue weighted by Gasteiger charge is -2.33. The minimum atomic E-state index is 0.119. The molecule has 1 amide bonds. The van der Waals surface area contributed by atoms with Gasteiger partial charge in [-0.3, -0.25) is 9.78 Å². The average molecular weight is 302 g/mol.